The summed E-state index contributed by atoms with van der Waals surface area (Å²) >= 11 is 7.26. The number of allylic oxidation sites excluding steroid dienone is 1. The Labute approximate surface area is 364 Å². The van der Waals surface area contributed by atoms with E-state index in [4.69, 9.17) is 26.8 Å². The van der Waals surface area contributed by atoms with Crippen molar-refractivity contribution in [1.82, 2.24) is 19.6 Å². The highest BCUT2D eigenvalue weighted by molar-refractivity contribution is 7.98. The molecule has 1 amide bonds. The van der Waals surface area contributed by atoms with Crippen LogP contribution in [0.3, 0.4) is 0 Å². The van der Waals surface area contributed by atoms with Crippen LogP contribution in [0.5, 0.6) is 11.5 Å². The van der Waals surface area contributed by atoms with E-state index in [-0.39, 0.29) is 17.4 Å². The second-order valence-electron chi connectivity index (χ2n) is 16.6. The number of aromatic amines is 1. The van der Waals surface area contributed by atoms with E-state index >= 15 is 0 Å². The van der Waals surface area contributed by atoms with Crippen LogP contribution in [0.1, 0.15) is 72.9 Å². The highest BCUT2D eigenvalue weighted by atomic mass is 35.5. The van der Waals surface area contributed by atoms with Gasteiger partial charge in [-0.05, 0) is 116 Å². The number of pyridine rings is 1. The predicted octanol–water partition coefficient (Wildman–Crippen LogP) is 9.46. The molecule has 0 bridgehead atoms. The number of benzene rings is 3. The van der Waals surface area contributed by atoms with Crippen molar-refractivity contribution in [2.75, 3.05) is 56.6 Å². The number of fused-ring (bicyclic) bond motifs is 1. The molecule has 13 nitrogen and oxygen atoms in total. The van der Waals surface area contributed by atoms with E-state index in [9.17, 15) is 14.9 Å². The molecule has 5 aromatic rings. The monoisotopic (exact) mass is 860 g/mol. The van der Waals surface area contributed by atoms with Gasteiger partial charge in [-0.1, -0.05) is 35.7 Å². The molecule has 15 heteroatoms. The number of nitrogens with zero attached hydrogens (tertiary/aromatic N) is 5. The molecule has 2 aliphatic heterocycles. The van der Waals surface area contributed by atoms with Gasteiger partial charge < -0.3 is 25.1 Å². The number of aliphatic imine (C=N–C) groups is 1. The maximum atomic E-state index is 14.0. The first-order valence-electron chi connectivity index (χ1n) is 21.0. The number of H-pyrrole nitrogens is 1. The number of nitrogens with two attached hydrogens (primary N) is 1. The SMILES string of the molecule is Nc1c(C=NC2CCOCC2)cc(SNC(=O)c2ccc(N3CCN(CC4=C(c5ccc(Cl)cc5)CC5(CCC5)CC4)CC3)cc2Oc2cnc3[nH]ccc3c2)cc1[N+](=O)[O-]. The van der Waals surface area contributed by atoms with E-state index in [0.29, 0.717) is 46.2 Å². The average molecular weight is 861 g/mol. The number of piperazine rings is 1. The van der Waals surface area contributed by atoms with E-state index in [1.54, 1.807) is 30.1 Å². The topological polar surface area (TPSA) is 164 Å². The van der Waals surface area contributed by atoms with Gasteiger partial charge in [0, 0.05) is 97.0 Å². The third-order valence-electron chi connectivity index (χ3n) is 12.7. The molecule has 0 atom stereocenters. The van der Waals surface area contributed by atoms with Gasteiger partial charge in [-0.15, -0.1) is 0 Å². The van der Waals surface area contributed by atoms with E-state index < -0.39 is 10.8 Å². The van der Waals surface area contributed by atoms with Crippen molar-refractivity contribution in [3.63, 3.8) is 0 Å². The zero-order chi connectivity index (χ0) is 41.9. The number of nitrogens with one attached hydrogen (secondary N) is 2. The van der Waals surface area contributed by atoms with Crippen LogP contribution >= 0.6 is 23.5 Å². The van der Waals surface area contributed by atoms with Gasteiger partial charge in [-0.25, -0.2) is 4.98 Å². The average Bonchev–Trinajstić information content (AvgIpc) is 3.74. The molecule has 316 valence electrons. The summed E-state index contributed by atoms with van der Waals surface area (Å²) in [4.78, 5) is 43.0. The minimum absolute atomic E-state index is 0.0206. The number of carbonyl (C=O) groups excluding carboxylic acids is 1. The number of rotatable bonds is 12. The van der Waals surface area contributed by atoms with E-state index in [2.05, 4.69) is 41.6 Å². The third kappa shape index (κ3) is 9.27. The molecular weight excluding hydrogens is 812 g/mol. The molecule has 2 aliphatic carbocycles. The summed E-state index contributed by atoms with van der Waals surface area (Å²) in [5.74, 6) is 0.427. The maximum Gasteiger partial charge on any atom is 0.293 e. The number of nitrogen functional groups attached to an aromatic ring is 1. The number of carbonyl (C=O) groups is 1. The van der Waals surface area contributed by atoms with E-state index in [0.717, 1.165) is 92.1 Å². The third-order valence-corrected chi connectivity index (χ3v) is 13.8. The van der Waals surface area contributed by atoms with Gasteiger partial charge in [-0.2, -0.15) is 0 Å². The van der Waals surface area contributed by atoms with Crippen LogP contribution in [0.2, 0.25) is 5.02 Å². The Balaban J connectivity index is 0.922. The summed E-state index contributed by atoms with van der Waals surface area (Å²) < 4.78 is 14.8. The molecule has 9 rings (SSSR count). The van der Waals surface area contributed by atoms with Crippen molar-refractivity contribution in [3.8, 4) is 11.5 Å². The lowest BCUT2D eigenvalue weighted by atomic mass is 9.59. The van der Waals surface area contributed by atoms with Gasteiger partial charge in [0.2, 0.25) is 0 Å². The minimum atomic E-state index is -0.525. The normalized spacial score (nSPS) is 18.5. The second-order valence-corrected chi connectivity index (χ2v) is 17.9. The molecule has 61 heavy (non-hydrogen) atoms. The Kier molecular flexibility index (Phi) is 12.0. The van der Waals surface area contributed by atoms with Crippen molar-refractivity contribution >= 4 is 69.3 Å². The van der Waals surface area contributed by atoms with Crippen LogP contribution < -0.4 is 20.1 Å². The molecule has 2 saturated heterocycles. The molecule has 0 radical (unpaired) electrons. The van der Waals surface area contributed by atoms with Crippen LogP contribution in [-0.4, -0.2) is 83.9 Å². The molecule has 1 spiro atoms. The Hall–Kier alpha value is -5.41. The van der Waals surface area contributed by atoms with Crippen molar-refractivity contribution < 1.29 is 19.2 Å². The predicted molar refractivity (Wildman–Crippen MR) is 242 cm³/mol. The number of nitro groups is 1. The lowest BCUT2D eigenvalue weighted by molar-refractivity contribution is -0.384. The minimum Gasteiger partial charge on any atom is -0.455 e. The van der Waals surface area contributed by atoms with Gasteiger partial charge in [0.15, 0.2) is 0 Å². The van der Waals surface area contributed by atoms with Crippen molar-refractivity contribution in [2.45, 2.75) is 62.3 Å². The van der Waals surface area contributed by atoms with Crippen LogP contribution in [0, 0.1) is 15.5 Å². The molecule has 3 fully saturated rings. The summed E-state index contributed by atoms with van der Waals surface area (Å²) in [5.41, 5.74) is 13.2. The van der Waals surface area contributed by atoms with E-state index in [1.807, 2.05) is 42.6 Å². The standard InChI is InChI=1S/C46H49ClN8O5S/c47-34-4-2-30(3-5-34)40-26-46(12-1-13-46)14-8-32(40)29-53-16-18-54(19-17-53)36-6-7-39(42(24-36)60-37-22-31-9-15-49-44(31)51-28-37)45(56)52-61-38-23-33(43(48)41(25-38)55(57)58)27-50-35-10-20-59-21-11-35/h2-7,9,15,22-25,27-28,35H,1,8,10-14,16-21,26,29,48H2,(H,49,51)(H,52,56). The number of hydrogen-bond donors (Lipinski definition) is 3. The molecule has 2 aromatic heterocycles. The fourth-order valence-electron chi connectivity index (χ4n) is 9.04. The van der Waals surface area contributed by atoms with E-state index in [1.165, 1.54) is 42.9 Å². The molecule has 1 saturated carbocycles. The van der Waals surface area contributed by atoms with Crippen LogP contribution in [0.25, 0.3) is 16.6 Å². The number of amides is 1. The Morgan fingerprint density at radius 1 is 1.08 bits per heavy atom. The van der Waals surface area contributed by atoms with Crippen LogP contribution in [0.4, 0.5) is 17.1 Å². The lowest BCUT2D eigenvalue weighted by Crippen LogP contribution is -2.47. The number of anilines is 2. The first-order chi connectivity index (χ1) is 29.7. The summed E-state index contributed by atoms with van der Waals surface area (Å²) in [5, 5.41) is 13.6. The van der Waals surface area contributed by atoms with Crippen LogP contribution in [0.15, 0.2) is 94.6 Å². The summed E-state index contributed by atoms with van der Waals surface area (Å²) in [7, 11) is 0. The van der Waals surface area contributed by atoms with Crippen LogP contribution in [-0.2, 0) is 4.74 Å². The molecule has 0 unspecified atom stereocenters. The fraction of sp³-hybridized carbons (Fsp3) is 0.370. The Morgan fingerprint density at radius 2 is 1.89 bits per heavy atom. The number of ether oxygens (including phenoxy) is 2. The molecule has 4 N–H and O–H groups in total. The second kappa shape index (κ2) is 17.9. The zero-order valence-corrected chi connectivity index (χ0v) is 35.5. The lowest BCUT2D eigenvalue weighted by Gasteiger charge is -2.47. The number of hydrogen-bond acceptors (Lipinski definition) is 11. The first-order valence-corrected chi connectivity index (χ1v) is 22.2. The largest absolute Gasteiger partial charge is 0.455 e. The fourth-order valence-corrected chi connectivity index (χ4v) is 9.84. The molecule has 4 aliphatic rings. The van der Waals surface area contributed by atoms with Gasteiger partial charge in [0.05, 0.1) is 22.7 Å². The van der Waals surface area contributed by atoms with Gasteiger partial charge in [0.25, 0.3) is 11.6 Å². The zero-order valence-electron chi connectivity index (χ0n) is 33.9. The summed E-state index contributed by atoms with van der Waals surface area (Å²) in [6, 6.07) is 20.9. The highest BCUT2D eigenvalue weighted by Gasteiger charge is 2.41. The summed E-state index contributed by atoms with van der Waals surface area (Å²) in [6.07, 6.45) is 14.1. The van der Waals surface area contributed by atoms with Gasteiger partial charge in [-0.3, -0.25) is 29.5 Å². The molecular formula is C46H49ClN8O5S. The Bertz CT molecular complexity index is 2490. The highest BCUT2D eigenvalue weighted by Crippen LogP contribution is 2.55. The summed E-state index contributed by atoms with van der Waals surface area (Å²) in [6.45, 7) is 5.65. The van der Waals surface area contributed by atoms with Gasteiger partial charge in [0.1, 0.15) is 22.8 Å². The molecule has 3 aromatic carbocycles. The number of aromatic nitrogens is 2. The van der Waals surface area contributed by atoms with Crippen molar-refractivity contribution in [3.05, 3.63) is 117 Å². The quantitative estimate of drug-likeness (QED) is 0.0362. The number of nitro benzene ring substituents is 1. The van der Waals surface area contributed by atoms with Crippen molar-refractivity contribution in [1.29, 1.82) is 0 Å². The molecule has 4 heterocycles. The smallest absolute Gasteiger partial charge is 0.293 e. The number of halogens is 1. The maximum absolute atomic E-state index is 14.0. The van der Waals surface area contributed by atoms with Gasteiger partial charge >= 0.3 is 0 Å². The van der Waals surface area contributed by atoms with Crippen molar-refractivity contribution in [2.24, 2.45) is 10.4 Å². The first kappa shape index (κ1) is 41.0. The Morgan fingerprint density at radius 3 is 2.64 bits per heavy atom.